The zero-order valence-corrected chi connectivity index (χ0v) is 11.4. The first kappa shape index (κ1) is 13.6. The molecular formula is C13H20N4O2. The van der Waals surface area contributed by atoms with Gasteiger partial charge >= 0.3 is 0 Å². The number of oxime groups is 1. The van der Waals surface area contributed by atoms with Crippen molar-refractivity contribution in [1.29, 1.82) is 0 Å². The fourth-order valence-electron chi connectivity index (χ4n) is 2.20. The van der Waals surface area contributed by atoms with E-state index >= 15 is 0 Å². The average molecular weight is 264 g/mol. The molecule has 0 spiro atoms. The highest BCUT2D eigenvalue weighted by atomic mass is 16.5. The van der Waals surface area contributed by atoms with Crippen molar-refractivity contribution in [1.82, 2.24) is 10.2 Å². The number of nitrogens with two attached hydrogens (primary N) is 1. The second kappa shape index (κ2) is 5.86. The van der Waals surface area contributed by atoms with Gasteiger partial charge in [0, 0.05) is 0 Å². The maximum atomic E-state index is 8.96. The molecule has 19 heavy (non-hydrogen) atoms. The highest BCUT2D eigenvalue weighted by Gasteiger charge is 2.25. The third-order valence-electron chi connectivity index (χ3n) is 3.51. The summed E-state index contributed by atoms with van der Waals surface area (Å²) in [6.45, 7) is 4.02. The van der Waals surface area contributed by atoms with E-state index in [1.807, 2.05) is 13.8 Å². The molecule has 3 N–H and O–H groups in total. The van der Waals surface area contributed by atoms with Gasteiger partial charge in [-0.05, 0) is 37.7 Å². The number of hydrogen-bond donors (Lipinski definition) is 2. The molecule has 2 rings (SSSR count). The molecule has 1 aromatic rings. The highest BCUT2D eigenvalue weighted by molar-refractivity contribution is 6.00. The molecule has 0 aromatic carbocycles. The zero-order valence-electron chi connectivity index (χ0n) is 11.4. The molecule has 0 bridgehead atoms. The molecule has 0 atom stereocenters. The Hall–Kier alpha value is -1.85. The van der Waals surface area contributed by atoms with E-state index in [0.717, 1.165) is 36.9 Å². The monoisotopic (exact) mass is 264 g/mol. The molecule has 0 saturated heterocycles. The van der Waals surface area contributed by atoms with Gasteiger partial charge in [-0.15, -0.1) is 5.10 Å². The first-order valence-electron chi connectivity index (χ1n) is 6.74. The maximum absolute atomic E-state index is 8.96. The van der Waals surface area contributed by atoms with Crippen LogP contribution in [0.15, 0.2) is 5.16 Å². The fraction of sp³-hybridized carbons (Fsp3) is 0.615. The number of hydrogen-bond acceptors (Lipinski definition) is 5. The van der Waals surface area contributed by atoms with Crippen molar-refractivity contribution < 1.29 is 9.94 Å². The quantitative estimate of drug-likeness (QED) is 0.365. The van der Waals surface area contributed by atoms with E-state index in [2.05, 4.69) is 15.4 Å². The summed E-state index contributed by atoms with van der Waals surface area (Å²) in [5.41, 5.74) is 8.18. The van der Waals surface area contributed by atoms with Crippen molar-refractivity contribution >= 4 is 5.84 Å². The Bertz CT molecular complexity index is 484. The normalized spacial score (nSPS) is 16.2. The molecule has 0 unspecified atom stereocenters. The predicted octanol–water partition coefficient (Wildman–Crippen LogP) is 1.63. The minimum Gasteiger partial charge on any atom is -0.473 e. The van der Waals surface area contributed by atoms with E-state index in [-0.39, 0.29) is 11.9 Å². The van der Waals surface area contributed by atoms with Crippen molar-refractivity contribution in [2.75, 3.05) is 0 Å². The molecule has 0 aliphatic heterocycles. The summed E-state index contributed by atoms with van der Waals surface area (Å²) in [4.78, 5) is 0. The average Bonchev–Trinajstić information content (AvgIpc) is 2.40. The van der Waals surface area contributed by atoms with E-state index < -0.39 is 0 Å². The molecule has 1 aliphatic carbocycles. The molecule has 1 heterocycles. The van der Waals surface area contributed by atoms with Gasteiger partial charge in [-0.3, -0.25) is 0 Å². The molecule has 0 radical (unpaired) electrons. The lowest BCUT2D eigenvalue weighted by molar-refractivity contribution is 0.112. The molecule has 104 valence electrons. The summed E-state index contributed by atoms with van der Waals surface area (Å²) in [6.07, 6.45) is 4.89. The summed E-state index contributed by atoms with van der Waals surface area (Å²) in [5.74, 6) is 0.421. The standard InChI is InChI=1S/C13H20N4O2/c1-3-9-10(4-2)15-16-13(11(9)12(14)17-18)19-8-6-5-7-8/h8,18H,3-7H2,1-2H3,(H2,14,17). The molecule has 0 amide bonds. The summed E-state index contributed by atoms with van der Waals surface area (Å²) < 4.78 is 5.80. The lowest BCUT2D eigenvalue weighted by Crippen LogP contribution is -2.28. The van der Waals surface area contributed by atoms with Crippen molar-refractivity contribution in [2.24, 2.45) is 10.9 Å². The van der Waals surface area contributed by atoms with Crippen molar-refractivity contribution in [3.8, 4) is 5.88 Å². The minimum absolute atomic E-state index is 0.0378. The second-order valence-electron chi connectivity index (χ2n) is 4.67. The number of rotatable bonds is 5. The van der Waals surface area contributed by atoms with Gasteiger partial charge in [0.1, 0.15) is 6.10 Å². The van der Waals surface area contributed by atoms with Crippen LogP contribution in [-0.4, -0.2) is 27.3 Å². The Balaban J connectivity index is 2.45. The van der Waals surface area contributed by atoms with Gasteiger partial charge in [0.25, 0.3) is 0 Å². The minimum atomic E-state index is 0.0378. The topological polar surface area (TPSA) is 93.6 Å². The Morgan fingerprint density at radius 2 is 2.11 bits per heavy atom. The smallest absolute Gasteiger partial charge is 0.245 e. The highest BCUT2D eigenvalue weighted by Crippen LogP contribution is 2.28. The van der Waals surface area contributed by atoms with E-state index in [0.29, 0.717) is 11.4 Å². The van der Waals surface area contributed by atoms with Gasteiger partial charge in [-0.1, -0.05) is 19.0 Å². The number of aryl methyl sites for hydroxylation is 1. The van der Waals surface area contributed by atoms with E-state index in [4.69, 9.17) is 15.7 Å². The van der Waals surface area contributed by atoms with Crippen molar-refractivity contribution in [2.45, 2.75) is 52.1 Å². The largest absolute Gasteiger partial charge is 0.473 e. The summed E-state index contributed by atoms with van der Waals surface area (Å²) in [7, 11) is 0. The number of aromatic nitrogens is 2. The van der Waals surface area contributed by atoms with Gasteiger partial charge in [-0.25, -0.2) is 0 Å². The Morgan fingerprint density at radius 1 is 1.37 bits per heavy atom. The molecule has 6 nitrogen and oxygen atoms in total. The van der Waals surface area contributed by atoms with Crippen LogP contribution in [0.2, 0.25) is 0 Å². The van der Waals surface area contributed by atoms with Crippen LogP contribution in [0, 0.1) is 0 Å². The second-order valence-corrected chi connectivity index (χ2v) is 4.67. The maximum Gasteiger partial charge on any atom is 0.245 e. The lowest BCUT2D eigenvalue weighted by atomic mass is 9.96. The van der Waals surface area contributed by atoms with Crippen molar-refractivity contribution in [3.63, 3.8) is 0 Å². The summed E-state index contributed by atoms with van der Waals surface area (Å²) in [5, 5.41) is 20.4. The third kappa shape index (κ3) is 2.62. The van der Waals surface area contributed by atoms with Crippen LogP contribution in [0.25, 0.3) is 0 Å². The van der Waals surface area contributed by atoms with Gasteiger partial charge < -0.3 is 15.7 Å². The van der Waals surface area contributed by atoms with E-state index in [9.17, 15) is 0 Å². The van der Waals surface area contributed by atoms with E-state index in [1.54, 1.807) is 0 Å². The van der Waals surface area contributed by atoms with Crippen LogP contribution < -0.4 is 10.5 Å². The van der Waals surface area contributed by atoms with Gasteiger partial charge in [0.2, 0.25) is 5.88 Å². The molecular weight excluding hydrogens is 244 g/mol. The molecule has 1 fully saturated rings. The fourth-order valence-corrected chi connectivity index (χ4v) is 2.20. The van der Waals surface area contributed by atoms with Crippen LogP contribution >= 0.6 is 0 Å². The first-order chi connectivity index (χ1) is 9.21. The van der Waals surface area contributed by atoms with Crippen LogP contribution in [0.1, 0.15) is 49.9 Å². The Labute approximate surface area is 112 Å². The SMILES string of the molecule is CCc1nnc(OC2CCC2)c(C(N)=NO)c1CC. The summed E-state index contributed by atoms with van der Waals surface area (Å²) >= 11 is 0. The Kier molecular flexibility index (Phi) is 4.19. The Morgan fingerprint density at radius 3 is 2.58 bits per heavy atom. The number of ether oxygens (including phenoxy) is 1. The molecule has 1 aliphatic rings. The molecule has 6 heteroatoms. The van der Waals surface area contributed by atoms with Crippen LogP contribution in [0.5, 0.6) is 5.88 Å². The number of amidine groups is 1. The van der Waals surface area contributed by atoms with E-state index in [1.165, 1.54) is 6.42 Å². The van der Waals surface area contributed by atoms with Crippen LogP contribution in [-0.2, 0) is 12.8 Å². The molecule has 1 aromatic heterocycles. The predicted molar refractivity (Wildman–Crippen MR) is 71.6 cm³/mol. The van der Waals surface area contributed by atoms with Crippen LogP contribution in [0.4, 0.5) is 0 Å². The third-order valence-corrected chi connectivity index (χ3v) is 3.51. The number of nitrogens with zero attached hydrogens (tertiary/aromatic N) is 3. The van der Waals surface area contributed by atoms with Gasteiger partial charge in [-0.2, -0.15) is 5.10 Å². The molecule has 1 saturated carbocycles. The van der Waals surface area contributed by atoms with Gasteiger partial charge in [0.05, 0.1) is 11.3 Å². The van der Waals surface area contributed by atoms with Gasteiger partial charge in [0.15, 0.2) is 5.84 Å². The lowest BCUT2D eigenvalue weighted by Gasteiger charge is -2.27. The zero-order chi connectivity index (χ0) is 13.8. The summed E-state index contributed by atoms with van der Waals surface area (Å²) in [6, 6.07) is 0. The van der Waals surface area contributed by atoms with Crippen molar-refractivity contribution in [3.05, 3.63) is 16.8 Å². The van der Waals surface area contributed by atoms with Crippen LogP contribution in [0.3, 0.4) is 0 Å². The first-order valence-corrected chi connectivity index (χ1v) is 6.74.